The van der Waals surface area contributed by atoms with Crippen LogP contribution < -0.4 is 34.4 Å². The standard InChI is InChI=1S/C37H29BrN4O5S/c1-22-32(35(43)41-27-13-5-4-6-14-27)33(24-12-9-15-28(19-24)45-2)42-36(44)31(48-37(42)40-22)18-23-16-29(38)34(30(17-23)46-3)47-21-26-11-8-7-10-25(26)20-39/h4-19,33H,21H2,1-3H3,(H,41,43)/b31-18-/t33-/m1/s1. The van der Waals surface area contributed by atoms with Gasteiger partial charge in [-0.25, -0.2) is 4.99 Å². The fourth-order valence-electron chi connectivity index (χ4n) is 5.48. The molecule has 2 heterocycles. The minimum absolute atomic E-state index is 0.167. The monoisotopic (exact) mass is 720 g/mol. The van der Waals surface area contributed by atoms with E-state index in [2.05, 4.69) is 27.3 Å². The van der Waals surface area contributed by atoms with Gasteiger partial charge in [-0.2, -0.15) is 5.26 Å². The number of anilines is 1. The molecule has 5 aromatic rings. The molecule has 0 fully saturated rings. The number of fused-ring (bicyclic) bond motifs is 1. The summed E-state index contributed by atoms with van der Waals surface area (Å²) in [6, 6.07) is 28.8. The molecule has 240 valence electrons. The Labute approximate surface area is 288 Å². The summed E-state index contributed by atoms with van der Waals surface area (Å²) in [7, 11) is 3.11. The Kier molecular flexibility index (Phi) is 9.57. The van der Waals surface area contributed by atoms with Gasteiger partial charge in [0.1, 0.15) is 12.4 Å². The maximum absolute atomic E-state index is 14.2. The van der Waals surface area contributed by atoms with Crippen molar-refractivity contribution >= 4 is 44.9 Å². The predicted molar refractivity (Wildman–Crippen MR) is 188 cm³/mol. The first-order valence-electron chi connectivity index (χ1n) is 14.8. The van der Waals surface area contributed by atoms with Gasteiger partial charge in [-0.05, 0) is 82.5 Å². The number of rotatable bonds is 9. The third-order valence-electron chi connectivity index (χ3n) is 7.77. The van der Waals surface area contributed by atoms with Crippen molar-refractivity contribution in [3.05, 3.63) is 149 Å². The normalized spacial score (nSPS) is 14.1. The molecule has 1 atom stereocenters. The highest BCUT2D eigenvalue weighted by Crippen LogP contribution is 2.38. The van der Waals surface area contributed by atoms with Crippen LogP contribution in [0.15, 0.2) is 117 Å². The van der Waals surface area contributed by atoms with Crippen LogP contribution in [0.25, 0.3) is 6.08 Å². The molecule has 6 rings (SSSR count). The largest absolute Gasteiger partial charge is 0.497 e. The zero-order valence-corrected chi connectivity index (χ0v) is 28.6. The molecule has 1 aromatic heterocycles. The molecule has 0 saturated heterocycles. The fraction of sp³-hybridized carbons (Fsp3) is 0.135. The molecule has 0 unspecified atom stereocenters. The lowest BCUT2D eigenvalue weighted by Crippen LogP contribution is -2.40. The summed E-state index contributed by atoms with van der Waals surface area (Å²) in [4.78, 5) is 33.2. The Morgan fingerprint density at radius 3 is 2.56 bits per heavy atom. The number of amides is 1. The molecule has 0 radical (unpaired) electrons. The molecular formula is C37H29BrN4O5S. The van der Waals surface area contributed by atoms with Crippen LogP contribution in [0.1, 0.15) is 35.2 Å². The SMILES string of the molecule is COc1cccc([C@@H]2C(C(=O)Nc3ccccc3)=C(C)N=c3s/c(=C\c4cc(Br)c(OCc5ccccc5C#N)c(OC)c4)c(=O)n32)c1. The first-order chi connectivity index (χ1) is 23.3. The van der Waals surface area contributed by atoms with E-state index in [9.17, 15) is 14.9 Å². The number of hydrogen-bond acceptors (Lipinski definition) is 8. The lowest BCUT2D eigenvalue weighted by Gasteiger charge is -2.25. The third-order valence-corrected chi connectivity index (χ3v) is 9.34. The van der Waals surface area contributed by atoms with Crippen molar-refractivity contribution in [2.75, 3.05) is 19.5 Å². The highest BCUT2D eigenvalue weighted by Gasteiger charge is 2.33. The van der Waals surface area contributed by atoms with Crippen LogP contribution in [0.4, 0.5) is 5.69 Å². The lowest BCUT2D eigenvalue weighted by atomic mass is 9.95. The number of nitriles is 1. The average molecular weight is 722 g/mol. The molecule has 4 aromatic carbocycles. The van der Waals surface area contributed by atoms with Crippen molar-refractivity contribution in [3.8, 4) is 23.3 Å². The van der Waals surface area contributed by atoms with E-state index in [1.807, 2.05) is 60.7 Å². The number of hydrogen-bond donors (Lipinski definition) is 1. The van der Waals surface area contributed by atoms with Crippen LogP contribution in [0.5, 0.6) is 17.2 Å². The number of nitrogens with one attached hydrogen (secondary N) is 1. The summed E-state index contributed by atoms with van der Waals surface area (Å²) in [5, 5.41) is 12.4. The Morgan fingerprint density at radius 1 is 1.04 bits per heavy atom. The summed E-state index contributed by atoms with van der Waals surface area (Å²) in [5.41, 5.74) is 3.86. The minimum Gasteiger partial charge on any atom is -0.497 e. The maximum atomic E-state index is 14.2. The van der Waals surface area contributed by atoms with E-state index in [0.29, 0.717) is 64.7 Å². The number of ether oxygens (including phenoxy) is 3. The number of allylic oxidation sites excluding steroid dienone is 1. The quantitative estimate of drug-likeness (QED) is 0.197. The van der Waals surface area contributed by atoms with Crippen molar-refractivity contribution in [1.29, 1.82) is 5.26 Å². The Bertz CT molecular complexity index is 2290. The van der Waals surface area contributed by atoms with E-state index in [-0.39, 0.29) is 18.1 Å². The van der Waals surface area contributed by atoms with Gasteiger partial charge in [0, 0.05) is 11.3 Å². The number of nitrogens with zero attached hydrogens (tertiary/aromatic N) is 3. The molecule has 9 nitrogen and oxygen atoms in total. The number of carbonyl (C=O) groups is 1. The summed E-state index contributed by atoms with van der Waals surface area (Å²) in [6.07, 6.45) is 1.76. The first kappa shape index (κ1) is 32.5. The number of benzene rings is 4. The molecule has 0 spiro atoms. The zero-order valence-electron chi connectivity index (χ0n) is 26.2. The van der Waals surface area contributed by atoms with Crippen LogP contribution >= 0.6 is 27.3 Å². The van der Waals surface area contributed by atoms with Crippen molar-refractivity contribution in [2.45, 2.75) is 19.6 Å². The lowest BCUT2D eigenvalue weighted by molar-refractivity contribution is -0.113. The fourth-order valence-corrected chi connectivity index (χ4v) is 7.10. The van der Waals surface area contributed by atoms with Gasteiger partial charge in [0.2, 0.25) is 0 Å². The Morgan fingerprint density at radius 2 is 1.81 bits per heavy atom. The molecular weight excluding hydrogens is 692 g/mol. The topological polar surface area (TPSA) is 115 Å². The predicted octanol–water partition coefficient (Wildman–Crippen LogP) is 6.10. The summed E-state index contributed by atoms with van der Waals surface area (Å²) < 4.78 is 19.8. The van der Waals surface area contributed by atoms with Crippen molar-refractivity contribution in [2.24, 2.45) is 4.99 Å². The molecule has 0 aliphatic carbocycles. The van der Waals surface area contributed by atoms with Crippen LogP contribution in [0, 0.1) is 11.3 Å². The average Bonchev–Trinajstić information content (AvgIpc) is 3.40. The van der Waals surface area contributed by atoms with Gasteiger partial charge in [-0.1, -0.05) is 59.9 Å². The highest BCUT2D eigenvalue weighted by molar-refractivity contribution is 9.10. The van der Waals surface area contributed by atoms with Crippen molar-refractivity contribution < 1.29 is 19.0 Å². The minimum atomic E-state index is -0.754. The third kappa shape index (κ3) is 6.53. The van der Waals surface area contributed by atoms with Gasteiger partial charge >= 0.3 is 0 Å². The molecule has 1 amide bonds. The Hall–Kier alpha value is -5.44. The van der Waals surface area contributed by atoms with Crippen LogP contribution in [-0.2, 0) is 11.4 Å². The molecule has 0 saturated carbocycles. The second-order valence-electron chi connectivity index (χ2n) is 10.8. The number of aromatic nitrogens is 1. The number of halogens is 1. The molecule has 1 N–H and O–H groups in total. The molecule has 48 heavy (non-hydrogen) atoms. The zero-order chi connectivity index (χ0) is 33.8. The summed E-state index contributed by atoms with van der Waals surface area (Å²) in [6.45, 7) is 1.94. The number of methoxy groups -OCH3 is 2. The summed E-state index contributed by atoms with van der Waals surface area (Å²) in [5.74, 6) is 1.16. The second-order valence-corrected chi connectivity index (χ2v) is 12.6. The smallest absolute Gasteiger partial charge is 0.271 e. The van der Waals surface area contributed by atoms with Crippen molar-refractivity contribution in [1.82, 2.24) is 4.57 Å². The second kappa shape index (κ2) is 14.1. The number of carbonyl (C=O) groups excluding carboxylic acids is 1. The van der Waals surface area contributed by atoms with E-state index < -0.39 is 6.04 Å². The van der Waals surface area contributed by atoms with Crippen LogP contribution in [-0.4, -0.2) is 24.7 Å². The van der Waals surface area contributed by atoms with Gasteiger partial charge < -0.3 is 19.5 Å². The number of para-hydroxylation sites is 1. The van der Waals surface area contributed by atoms with Crippen LogP contribution in [0.3, 0.4) is 0 Å². The first-order valence-corrected chi connectivity index (χ1v) is 16.4. The van der Waals surface area contributed by atoms with Gasteiger partial charge in [0.15, 0.2) is 16.3 Å². The maximum Gasteiger partial charge on any atom is 0.271 e. The molecule has 1 aliphatic heterocycles. The van der Waals surface area contributed by atoms with E-state index >= 15 is 0 Å². The number of thiazole rings is 1. The van der Waals surface area contributed by atoms with Gasteiger partial charge in [-0.3, -0.25) is 14.2 Å². The molecule has 0 bridgehead atoms. The van der Waals surface area contributed by atoms with E-state index in [1.165, 1.54) is 18.4 Å². The van der Waals surface area contributed by atoms with Crippen LogP contribution in [0.2, 0.25) is 0 Å². The van der Waals surface area contributed by atoms with Gasteiger partial charge in [0.05, 0.1) is 52.2 Å². The summed E-state index contributed by atoms with van der Waals surface area (Å²) >= 11 is 4.83. The molecule has 1 aliphatic rings. The highest BCUT2D eigenvalue weighted by atomic mass is 79.9. The van der Waals surface area contributed by atoms with Gasteiger partial charge in [0.25, 0.3) is 11.5 Å². The van der Waals surface area contributed by atoms with Crippen molar-refractivity contribution in [3.63, 3.8) is 0 Å². The van der Waals surface area contributed by atoms with E-state index in [4.69, 9.17) is 19.2 Å². The Balaban J connectivity index is 1.41. The van der Waals surface area contributed by atoms with E-state index in [0.717, 1.165) is 5.56 Å². The van der Waals surface area contributed by atoms with Gasteiger partial charge in [-0.15, -0.1) is 0 Å². The molecule has 11 heteroatoms. The van der Waals surface area contributed by atoms with E-state index in [1.54, 1.807) is 55.0 Å².